The van der Waals surface area contributed by atoms with Gasteiger partial charge in [0.15, 0.2) is 0 Å². The average Bonchev–Trinajstić information content (AvgIpc) is 2.24. The first-order valence-corrected chi connectivity index (χ1v) is 5.62. The number of nitrogens with one attached hydrogen (secondary N) is 1. The predicted molar refractivity (Wildman–Crippen MR) is 63.6 cm³/mol. The summed E-state index contributed by atoms with van der Waals surface area (Å²) in [6, 6.07) is 4.69. The smallest absolute Gasteiger partial charge is 0.262 e. The lowest BCUT2D eigenvalue weighted by Crippen LogP contribution is -2.34. The lowest BCUT2D eigenvalue weighted by Gasteiger charge is -2.12. The van der Waals surface area contributed by atoms with E-state index in [1.807, 2.05) is 0 Å². The largest absolute Gasteiger partial charge is 0.497 e. The van der Waals surface area contributed by atoms with Gasteiger partial charge in [0.05, 0.1) is 19.2 Å². The topological polar surface area (TPSA) is 38.3 Å². The molecule has 1 aromatic carbocycles. The zero-order valence-electron chi connectivity index (χ0n) is 9.39. The molecule has 0 atom stereocenters. The number of methoxy groups -OCH3 is 1. The van der Waals surface area contributed by atoms with Crippen molar-refractivity contribution in [3.8, 4) is 5.75 Å². The Labute approximate surface area is 106 Å². The Bertz CT molecular complexity index is 418. The second-order valence-electron chi connectivity index (χ2n) is 3.60. The average molecular weight is 308 g/mol. The molecule has 0 saturated carbocycles. The molecular formula is C11H12BrF2NO2. The van der Waals surface area contributed by atoms with E-state index in [4.69, 9.17) is 4.74 Å². The SMILES string of the molecule is COc1ccc(C(=O)NCC(C)(F)F)c(Br)c1. The normalized spacial score (nSPS) is 11.1. The maximum atomic E-state index is 12.6. The molecule has 1 aromatic rings. The molecule has 0 aliphatic heterocycles. The number of alkyl halides is 2. The van der Waals surface area contributed by atoms with Crippen LogP contribution >= 0.6 is 15.9 Å². The number of rotatable bonds is 4. The summed E-state index contributed by atoms with van der Waals surface area (Å²) in [5.74, 6) is -2.90. The van der Waals surface area contributed by atoms with Crippen molar-refractivity contribution >= 4 is 21.8 Å². The van der Waals surface area contributed by atoms with E-state index in [0.717, 1.165) is 6.92 Å². The lowest BCUT2D eigenvalue weighted by atomic mass is 10.2. The van der Waals surface area contributed by atoms with Crippen molar-refractivity contribution in [1.82, 2.24) is 5.32 Å². The Morgan fingerprint density at radius 1 is 1.53 bits per heavy atom. The number of benzene rings is 1. The van der Waals surface area contributed by atoms with Gasteiger partial charge in [-0.1, -0.05) is 0 Å². The van der Waals surface area contributed by atoms with Crippen LogP contribution in [0.4, 0.5) is 8.78 Å². The molecule has 3 nitrogen and oxygen atoms in total. The quantitative estimate of drug-likeness (QED) is 0.929. The lowest BCUT2D eigenvalue weighted by molar-refractivity contribution is 0.0221. The predicted octanol–water partition coefficient (Wildman–Crippen LogP) is 2.84. The molecule has 6 heteroatoms. The van der Waals surface area contributed by atoms with Gasteiger partial charge in [-0.05, 0) is 34.1 Å². The van der Waals surface area contributed by atoms with Crippen LogP contribution in [-0.4, -0.2) is 25.5 Å². The molecule has 0 unspecified atom stereocenters. The number of halogens is 3. The van der Waals surface area contributed by atoms with E-state index in [-0.39, 0.29) is 5.56 Å². The summed E-state index contributed by atoms with van der Waals surface area (Å²) in [6.45, 7) is 0.0562. The number of hydrogen-bond donors (Lipinski definition) is 1. The van der Waals surface area contributed by atoms with E-state index in [2.05, 4.69) is 21.2 Å². The van der Waals surface area contributed by atoms with Crippen molar-refractivity contribution in [2.45, 2.75) is 12.8 Å². The van der Waals surface area contributed by atoms with Crippen LogP contribution in [0.25, 0.3) is 0 Å². The minimum Gasteiger partial charge on any atom is -0.497 e. The molecule has 0 spiro atoms. The van der Waals surface area contributed by atoms with Crippen LogP contribution in [0.5, 0.6) is 5.75 Å². The van der Waals surface area contributed by atoms with Crippen LogP contribution in [0.1, 0.15) is 17.3 Å². The first kappa shape index (κ1) is 13.9. The molecule has 1 N–H and O–H groups in total. The molecule has 0 aliphatic rings. The molecule has 0 bridgehead atoms. The fourth-order valence-corrected chi connectivity index (χ4v) is 1.68. The van der Waals surface area contributed by atoms with Crippen LogP contribution < -0.4 is 10.1 Å². The number of ether oxygens (including phenoxy) is 1. The molecule has 0 fully saturated rings. The second kappa shape index (κ2) is 5.44. The van der Waals surface area contributed by atoms with Gasteiger partial charge in [0.1, 0.15) is 5.75 Å². The minimum atomic E-state index is -2.92. The fourth-order valence-electron chi connectivity index (χ4n) is 1.14. The minimum absolute atomic E-state index is 0.287. The molecule has 1 rings (SSSR count). The summed E-state index contributed by atoms with van der Waals surface area (Å²) in [6.07, 6.45) is 0. The van der Waals surface area contributed by atoms with Gasteiger partial charge in [-0.15, -0.1) is 0 Å². The van der Waals surface area contributed by atoms with Gasteiger partial charge in [0.25, 0.3) is 11.8 Å². The highest BCUT2D eigenvalue weighted by Gasteiger charge is 2.22. The van der Waals surface area contributed by atoms with Gasteiger partial charge >= 0.3 is 0 Å². The Hall–Kier alpha value is -1.17. The van der Waals surface area contributed by atoms with E-state index in [1.165, 1.54) is 13.2 Å². The van der Waals surface area contributed by atoms with Gasteiger partial charge in [-0.3, -0.25) is 4.79 Å². The third-order valence-corrected chi connectivity index (χ3v) is 2.64. The van der Waals surface area contributed by atoms with Crippen LogP contribution in [0.3, 0.4) is 0 Å². The summed E-state index contributed by atoms with van der Waals surface area (Å²) in [5.41, 5.74) is 0.287. The summed E-state index contributed by atoms with van der Waals surface area (Å²) >= 11 is 3.18. The second-order valence-corrected chi connectivity index (χ2v) is 4.45. The summed E-state index contributed by atoms with van der Waals surface area (Å²) in [5, 5.41) is 2.16. The van der Waals surface area contributed by atoms with Gasteiger partial charge in [-0.2, -0.15) is 0 Å². The number of hydrogen-bond acceptors (Lipinski definition) is 2. The number of carbonyl (C=O) groups excluding carboxylic acids is 1. The van der Waals surface area contributed by atoms with Gasteiger partial charge < -0.3 is 10.1 Å². The van der Waals surface area contributed by atoms with Crippen LogP contribution in [0.2, 0.25) is 0 Å². The van der Waals surface area contributed by atoms with Crippen LogP contribution in [0.15, 0.2) is 22.7 Å². The fraction of sp³-hybridized carbons (Fsp3) is 0.364. The highest BCUT2D eigenvalue weighted by atomic mass is 79.9. The Kier molecular flexibility index (Phi) is 4.45. The molecule has 94 valence electrons. The van der Waals surface area contributed by atoms with Gasteiger partial charge in [0.2, 0.25) is 0 Å². The summed E-state index contributed by atoms with van der Waals surface area (Å²) in [4.78, 5) is 11.6. The molecular weight excluding hydrogens is 296 g/mol. The van der Waals surface area contributed by atoms with Gasteiger partial charge in [-0.25, -0.2) is 8.78 Å². The highest BCUT2D eigenvalue weighted by molar-refractivity contribution is 9.10. The molecule has 0 radical (unpaired) electrons. The number of amides is 1. The van der Waals surface area contributed by atoms with E-state index in [9.17, 15) is 13.6 Å². The van der Waals surface area contributed by atoms with Crippen LogP contribution in [-0.2, 0) is 0 Å². The van der Waals surface area contributed by atoms with Crippen molar-refractivity contribution in [3.63, 3.8) is 0 Å². The Morgan fingerprint density at radius 2 is 2.18 bits per heavy atom. The van der Waals surface area contributed by atoms with E-state index in [0.29, 0.717) is 10.2 Å². The third kappa shape index (κ3) is 4.30. The van der Waals surface area contributed by atoms with E-state index < -0.39 is 18.4 Å². The molecule has 0 saturated heterocycles. The van der Waals surface area contributed by atoms with Crippen molar-refractivity contribution in [2.75, 3.05) is 13.7 Å². The maximum absolute atomic E-state index is 12.6. The van der Waals surface area contributed by atoms with Crippen LogP contribution in [0, 0.1) is 0 Å². The Balaban J connectivity index is 2.76. The maximum Gasteiger partial charge on any atom is 0.262 e. The third-order valence-electron chi connectivity index (χ3n) is 1.98. The first-order valence-electron chi connectivity index (χ1n) is 4.83. The first-order chi connectivity index (χ1) is 7.83. The van der Waals surface area contributed by atoms with Crippen molar-refractivity contribution in [3.05, 3.63) is 28.2 Å². The standard InChI is InChI=1S/C11H12BrF2NO2/c1-11(13,14)6-15-10(16)8-4-3-7(17-2)5-9(8)12/h3-5H,6H2,1-2H3,(H,15,16). The molecule has 1 amide bonds. The van der Waals surface area contributed by atoms with Gasteiger partial charge in [0, 0.05) is 11.4 Å². The molecule has 0 aliphatic carbocycles. The zero-order chi connectivity index (χ0) is 13.1. The molecule has 0 heterocycles. The summed E-state index contributed by atoms with van der Waals surface area (Å²) in [7, 11) is 1.50. The van der Waals surface area contributed by atoms with E-state index >= 15 is 0 Å². The van der Waals surface area contributed by atoms with Crippen molar-refractivity contribution in [2.24, 2.45) is 0 Å². The zero-order valence-corrected chi connectivity index (χ0v) is 11.0. The van der Waals surface area contributed by atoms with Crippen molar-refractivity contribution in [1.29, 1.82) is 0 Å². The molecule has 17 heavy (non-hydrogen) atoms. The molecule has 0 aromatic heterocycles. The van der Waals surface area contributed by atoms with Crippen molar-refractivity contribution < 1.29 is 18.3 Å². The highest BCUT2D eigenvalue weighted by Crippen LogP contribution is 2.23. The van der Waals surface area contributed by atoms with E-state index in [1.54, 1.807) is 12.1 Å². The Morgan fingerprint density at radius 3 is 2.65 bits per heavy atom. The summed E-state index contributed by atoms with van der Waals surface area (Å²) < 4.78 is 30.6. The monoisotopic (exact) mass is 307 g/mol. The number of carbonyl (C=O) groups is 1.